The number of piperazine rings is 1. The highest BCUT2D eigenvalue weighted by atomic mass is 35.5. The second kappa shape index (κ2) is 10.6. The van der Waals surface area contributed by atoms with Crippen molar-refractivity contribution in [1.82, 2.24) is 15.5 Å². The van der Waals surface area contributed by atoms with Gasteiger partial charge < -0.3 is 15.4 Å². The molecule has 0 unspecified atom stereocenters. The van der Waals surface area contributed by atoms with Crippen LogP contribution in [0.5, 0.6) is 0 Å². The Kier molecular flexibility index (Phi) is 9.17. The van der Waals surface area contributed by atoms with Crippen LogP contribution >= 0.6 is 12.4 Å². The van der Waals surface area contributed by atoms with Gasteiger partial charge in [-0.2, -0.15) is 0 Å². The molecule has 0 radical (unpaired) electrons. The number of hydrogen-bond donors (Lipinski definition) is 2. The van der Waals surface area contributed by atoms with Gasteiger partial charge in [-0.3, -0.25) is 9.69 Å². The van der Waals surface area contributed by atoms with E-state index < -0.39 is 0 Å². The zero-order chi connectivity index (χ0) is 15.8. The molecule has 1 heterocycles. The van der Waals surface area contributed by atoms with Crippen LogP contribution in [0.4, 0.5) is 0 Å². The Hall–Kier alpha value is -1.14. The first-order chi connectivity index (χ1) is 10.7. The summed E-state index contributed by atoms with van der Waals surface area (Å²) in [5, 5.41) is 6.33. The molecule has 1 atom stereocenters. The van der Waals surface area contributed by atoms with Gasteiger partial charge in [0.1, 0.15) is 0 Å². The minimum Gasteiger partial charge on any atom is -0.377 e. The molecule has 0 spiro atoms. The maximum Gasteiger partial charge on any atom is 0.234 e. The third kappa shape index (κ3) is 6.87. The van der Waals surface area contributed by atoms with E-state index in [0.717, 1.165) is 37.4 Å². The standard InChI is InChI=1S/C17H27N3O2.ClH/c1-3-22-13-16-6-4-15(5-7-16)11-19-17(21)12-20-9-8-18-10-14(20)2;/h4-7,14,18H,3,8-13H2,1-2H3,(H,19,21);1H/t14-;/m1./s1. The molecule has 1 aliphatic rings. The van der Waals surface area contributed by atoms with Crippen molar-refractivity contribution in [3.63, 3.8) is 0 Å². The lowest BCUT2D eigenvalue weighted by Gasteiger charge is -2.33. The molecule has 23 heavy (non-hydrogen) atoms. The lowest BCUT2D eigenvalue weighted by molar-refractivity contribution is -0.123. The van der Waals surface area contributed by atoms with Gasteiger partial charge >= 0.3 is 0 Å². The molecule has 1 aromatic carbocycles. The van der Waals surface area contributed by atoms with E-state index in [1.165, 1.54) is 0 Å². The SMILES string of the molecule is CCOCc1ccc(CNC(=O)CN2CCNC[C@H]2C)cc1.Cl. The Morgan fingerprint density at radius 3 is 2.70 bits per heavy atom. The van der Waals surface area contributed by atoms with Crippen molar-refractivity contribution in [3.8, 4) is 0 Å². The van der Waals surface area contributed by atoms with E-state index >= 15 is 0 Å². The number of benzene rings is 1. The first-order valence-electron chi connectivity index (χ1n) is 8.06. The first kappa shape index (κ1) is 19.9. The molecular weight excluding hydrogens is 314 g/mol. The highest BCUT2D eigenvalue weighted by Crippen LogP contribution is 2.06. The summed E-state index contributed by atoms with van der Waals surface area (Å²) in [6.07, 6.45) is 0. The van der Waals surface area contributed by atoms with Crippen LogP contribution in [0, 0.1) is 0 Å². The van der Waals surface area contributed by atoms with Crippen LogP contribution in [0.3, 0.4) is 0 Å². The maximum absolute atomic E-state index is 12.0. The second-order valence-corrected chi connectivity index (χ2v) is 5.75. The van der Waals surface area contributed by atoms with Gasteiger partial charge in [-0.15, -0.1) is 12.4 Å². The molecule has 1 aliphatic heterocycles. The molecule has 0 aliphatic carbocycles. The number of ether oxygens (including phenoxy) is 1. The van der Waals surface area contributed by atoms with E-state index in [9.17, 15) is 4.79 Å². The van der Waals surface area contributed by atoms with Crippen molar-refractivity contribution in [2.75, 3.05) is 32.8 Å². The summed E-state index contributed by atoms with van der Waals surface area (Å²) in [6.45, 7) is 9.40. The number of rotatable bonds is 7. The largest absolute Gasteiger partial charge is 0.377 e. The summed E-state index contributed by atoms with van der Waals surface area (Å²) in [4.78, 5) is 14.3. The average Bonchev–Trinajstić information content (AvgIpc) is 2.54. The predicted octanol–water partition coefficient (Wildman–Crippen LogP) is 1.55. The molecular formula is C17H28ClN3O2. The minimum absolute atomic E-state index is 0. The van der Waals surface area contributed by atoms with Crippen LogP contribution in [0.15, 0.2) is 24.3 Å². The number of nitrogens with one attached hydrogen (secondary N) is 2. The number of carbonyl (C=O) groups excluding carboxylic acids is 1. The van der Waals surface area contributed by atoms with Crippen LogP contribution in [0.25, 0.3) is 0 Å². The van der Waals surface area contributed by atoms with E-state index in [4.69, 9.17) is 4.74 Å². The molecule has 0 saturated carbocycles. The van der Waals surface area contributed by atoms with Gasteiger partial charge in [0, 0.05) is 38.8 Å². The highest BCUT2D eigenvalue weighted by molar-refractivity contribution is 5.85. The summed E-state index contributed by atoms with van der Waals surface area (Å²) in [5.74, 6) is 0.0899. The molecule has 2 N–H and O–H groups in total. The van der Waals surface area contributed by atoms with Crippen LogP contribution < -0.4 is 10.6 Å². The van der Waals surface area contributed by atoms with Crippen molar-refractivity contribution in [1.29, 1.82) is 0 Å². The molecule has 5 nitrogen and oxygen atoms in total. The van der Waals surface area contributed by atoms with E-state index in [2.05, 4.69) is 34.6 Å². The van der Waals surface area contributed by atoms with Crippen LogP contribution in [0.1, 0.15) is 25.0 Å². The number of halogens is 1. The fraction of sp³-hybridized carbons (Fsp3) is 0.588. The summed E-state index contributed by atoms with van der Waals surface area (Å²) in [5.41, 5.74) is 2.27. The molecule has 0 aromatic heterocycles. The van der Waals surface area contributed by atoms with Crippen molar-refractivity contribution >= 4 is 18.3 Å². The van der Waals surface area contributed by atoms with Gasteiger partial charge in [0.25, 0.3) is 0 Å². The van der Waals surface area contributed by atoms with E-state index in [0.29, 0.717) is 25.7 Å². The van der Waals surface area contributed by atoms with Crippen LogP contribution in [-0.2, 0) is 22.7 Å². The molecule has 1 saturated heterocycles. The van der Waals surface area contributed by atoms with Gasteiger partial charge in [0.15, 0.2) is 0 Å². The lowest BCUT2D eigenvalue weighted by Crippen LogP contribution is -2.52. The minimum atomic E-state index is 0. The zero-order valence-electron chi connectivity index (χ0n) is 14.0. The summed E-state index contributed by atoms with van der Waals surface area (Å²) in [7, 11) is 0. The van der Waals surface area contributed by atoms with E-state index in [1.54, 1.807) is 0 Å². The van der Waals surface area contributed by atoms with Gasteiger partial charge in [-0.1, -0.05) is 24.3 Å². The normalized spacial score (nSPS) is 18.3. The number of hydrogen-bond acceptors (Lipinski definition) is 4. The quantitative estimate of drug-likeness (QED) is 0.790. The zero-order valence-corrected chi connectivity index (χ0v) is 14.8. The Morgan fingerprint density at radius 2 is 2.04 bits per heavy atom. The van der Waals surface area contributed by atoms with Crippen LogP contribution in [0.2, 0.25) is 0 Å². The van der Waals surface area contributed by atoms with E-state index in [-0.39, 0.29) is 18.3 Å². The van der Waals surface area contributed by atoms with Crippen LogP contribution in [-0.4, -0.2) is 49.6 Å². The highest BCUT2D eigenvalue weighted by Gasteiger charge is 2.19. The average molecular weight is 342 g/mol. The Balaban J connectivity index is 0.00000264. The molecule has 0 bridgehead atoms. The van der Waals surface area contributed by atoms with Gasteiger partial charge in [-0.05, 0) is 25.0 Å². The summed E-state index contributed by atoms with van der Waals surface area (Å²) in [6, 6.07) is 8.60. The fourth-order valence-corrected chi connectivity index (χ4v) is 2.53. The third-order valence-corrected chi connectivity index (χ3v) is 3.97. The lowest BCUT2D eigenvalue weighted by atomic mass is 10.1. The molecule has 2 rings (SSSR count). The summed E-state index contributed by atoms with van der Waals surface area (Å²) < 4.78 is 5.37. The van der Waals surface area contributed by atoms with Gasteiger partial charge in [0.2, 0.25) is 5.91 Å². The number of amides is 1. The van der Waals surface area contributed by atoms with Crippen molar-refractivity contribution in [3.05, 3.63) is 35.4 Å². The maximum atomic E-state index is 12.0. The predicted molar refractivity (Wildman–Crippen MR) is 94.8 cm³/mol. The Morgan fingerprint density at radius 1 is 1.35 bits per heavy atom. The molecule has 1 amide bonds. The number of carbonyl (C=O) groups is 1. The molecule has 1 fully saturated rings. The topological polar surface area (TPSA) is 53.6 Å². The fourth-order valence-electron chi connectivity index (χ4n) is 2.53. The number of nitrogens with zero attached hydrogens (tertiary/aromatic N) is 1. The van der Waals surface area contributed by atoms with Gasteiger partial charge in [-0.25, -0.2) is 0 Å². The van der Waals surface area contributed by atoms with Crippen molar-refractivity contribution in [2.24, 2.45) is 0 Å². The van der Waals surface area contributed by atoms with Crippen molar-refractivity contribution < 1.29 is 9.53 Å². The smallest absolute Gasteiger partial charge is 0.234 e. The Labute approximate surface area is 145 Å². The second-order valence-electron chi connectivity index (χ2n) is 5.75. The molecule has 1 aromatic rings. The van der Waals surface area contributed by atoms with E-state index in [1.807, 2.05) is 19.1 Å². The molecule has 6 heteroatoms. The Bertz CT molecular complexity index is 467. The third-order valence-electron chi connectivity index (χ3n) is 3.97. The monoisotopic (exact) mass is 341 g/mol. The first-order valence-corrected chi connectivity index (χ1v) is 8.06. The van der Waals surface area contributed by atoms with Crippen molar-refractivity contribution in [2.45, 2.75) is 33.0 Å². The molecule has 130 valence electrons. The summed E-state index contributed by atoms with van der Waals surface area (Å²) >= 11 is 0. The van der Waals surface area contributed by atoms with Gasteiger partial charge in [0.05, 0.1) is 13.2 Å².